The Morgan fingerprint density at radius 3 is 2.47 bits per heavy atom. The molecule has 2 N–H and O–H groups in total. The van der Waals surface area contributed by atoms with Crippen LogP contribution in [0.5, 0.6) is 5.75 Å². The van der Waals surface area contributed by atoms with Crippen LogP contribution in [-0.2, 0) is 10.2 Å². The molecule has 0 radical (unpaired) electrons. The fourth-order valence-electron chi connectivity index (χ4n) is 3.83. The molecule has 0 aliphatic heterocycles. The van der Waals surface area contributed by atoms with Gasteiger partial charge in [-0.25, -0.2) is 4.79 Å². The van der Waals surface area contributed by atoms with Crippen molar-refractivity contribution in [1.82, 2.24) is 0 Å². The molecule has 0 heterocycles. The molecule has 6 heteroatoms. The van der Waals surface area contributed by atoms with Crippen molar-refractivity contribution in [3.05, 3.63) is 58.6 Å². The lowest BCUT2D eigenvalue weighted by molar-refractivity contribution is -0.119. The van der Waals surface area contributed by atoms with Crippen molar-refractivity contribution in [3.63, 3.8) is 0 Å². The van der Waals surface area contributed by atoms with Crippen LogP contribution in [0.25, 0.3) is 0 Å². The Balaban J connectivity index is 1.54. The van der Waals surface area contributed by atoms with Gasteiger partial charge in [0.1, 0.15) is 5.75 Å². The summed E-state index contributed by atoms with van der Waals surface area (Å²) in [6.07, 6.45) is 2.53. The summed E-state index contributed by atoms with van der Waals surface area (Å²) in [5.74, 6) is 0.0891. The number of halogens is 1. The molecule has 2 aromatic carbocycles. The Kier molecular flexibility index (Phi) is 6.71. The maximum absolute atomic E-state index is 12.6. The number of amides is 1. The van der Waals surface area contributed by atoms with Crippen LogP contribution in [0.15, 0.2) is 42.5 Å². The zero-order valence-electron chi connectivity index (χ0n) is 17.6. The van der Waals surface area contributed by atoms with Gasteiger partial charge in [0.25, 0.3) is 0 Å². The molecule has 0 bridgehead atoms. The number of anilines is 1. The lowest BCUT2D eigenvalue weighted by Gasteiger charge is -2.24. The molecule has 1 fully saturated rings. The summed E-state index contributed by atoms with van der Waals surface area (Å²) in [5, 5.41) is 12.5. The zero-order chi connectivity index (χ0) is 21.9. The fourth-order valence-corrected chi connectivity index (χ4v) is 4.00. The number of carboxylic acids is 1. The van der Waals surface area contributed by atoms with Gasteiger partial charge in [0.05, 0.1) is 12.2 Å². The van der Waals surface area contributed by atoms with Crippen LogP contribution >= 0.6 is 11.6 Å². The van der Waals surface area contributed by atoms with Crippen LogP contribution in [0.4, 0.5) is 5.69 Å². The number of carboxylic acid groups (broad SMARTS) is 1. The van der Waals surface area contributed by atoms with E-state index in [9.17, 15) is 9.59 Å². The van der Waals surface area contributed by atoms with E-state index in [1.165, 1.54) is 12.1 Å². The zero-order valence-corrected chi connectivity index (χ0v) is 18.3. The molecule has 0 saturated heterocycles. The third-order valence-electron chi connectivity index (χ3n) is 5.54. The molecule has 2 unspecified atom stereocenters. The molecule has 2 aromatic rings. The first kappa shape index (κ1) is 22.2. The third-order valence-corrected chi connectivity index (χ3v) is 5.77. The van der Waals surface area contributed by atoms with Crippen molar-refractivity contribution < 1.29 is 19.4 Å². The summed E-state index contributed by atoms with van der Waals surface area (Å²) in [6, 6.07) is 11.9. The second kappa shape index (κ2) is 9.09. The number of rotatable bonds is 6. The number of hydrogen-bond donors (Lipinski definition) is 2. The predicted octanol–water partition coefficient (Wildman–Crippen LogP) is 5.77. The van der Waals surface area contributed by atoms with E-state index in [0.717, 1.165) is 30.6 Å². The van der Waals surface area contributed by atoms with Crippen LogP contribution in [0.3, 0.4) is 0 Å². The lowest BCUT2D eigenvalue weighted by atomic mass is 9.86. The molecule has 30 heavy (non-hydrogen) atoms. The molecular formula is C24H28ClNO4. The van der Waals surface area contributed by atoms with Gasteiger partial charge in [-0.3, -0.25) is 4.79 Å². The van der Waals surface area contributed by atoms with E-state index in [1.807, 2.05) is 18.2 Å². The van der Waals surface area contributed by atoms with Gasteiger partial charge in [-0.2, -0.15) is 0 Å². The number of aromatic carboxylic acids is 1. The molecule has 2 atom stereocenters. The summed E-state index contributed by atoms with van der Waals surface area (Å²) in [4.78, 5) is 23.5. The molecule has 0 aromatic heterocycles. The van der Waals surface area contributed by atoms with Gasteiger partial charge in [-0.05, 0) is 73.1 Å². The number of hydrogen-bond acceptors (Lipinski definition) is 3. The molecule has 160 valence electrons. The highest BCUT2D eigenvalue weighted by Gasteiger charge is 2.31. The Morgan fingerprint density at radius 1 is 1.13 bits per heavy atom. The Hall–Kier alpha value is -2.53. The quantitative estimate of drug-likeness (QED) is 0.611. The number of ether oxygens (including phenoxy) is 1. The minimum atomic E-state index is -0.984. The summed E-state index contributed by atoms with van der Waals surface area (Å²) in [6.45, 7) is 6.96. The number of carbonyl (C=O) groups excluding carboxylic acids is 1. The molecule has 5 nitrogen and oxygen atoms in total. The van der Waals surface area contributed by atoms with Gasteiger partial charge in [0.15, 0.2) is 0 Å². The molecule has 0 spiro atoms. The fraction of sp³-hybridized carbons (Fsp3) is 0.417. The highest BCUT2D eigenvalue weighted by Crippen LogP contribution is 2.36. The summed E-state index contributed by atoms with van der Waals surface area (Å²) in [5.41, 5.74) is 1.81. The number of carbonyl (C=O) groups is 2. The molecule has 1 amide bonds. The van der Waals surface area contributed by atoms with E-state index in [2.05, 4.69) is 26.1 Å². The SMILES string of the molecule is CC(C)(C)c1cc(Cl)ccc1OCC1CCC(C(=O)Nc2ccc(C(=O)O)cc2)C1. The Bertz CT molecular complexity index is 918. The first-order valence-electron chi connectivity index (χ1n) is 10.2. The van der Waals surface area contributed by atoms with Crippen molar-refractivity contribution >= 4 is 29.2 Å². The minimum absolute atomic E-state index is 0.0255. The van der Waals surface area contributed by atoms with E-state index in [4.69, 9.17) is 21.4 Å². The average molecular weight is 430 g/mol. The maximum Gasteiger partial charge on any atom is 0.335 e. The van der Waals surface area contributed by atoms with Gasteiger partial charge < -0.3 is 15.2 Å². The topological polar surface area (TPSA) is 75.6 Å². The normalized spacial score (nSPS) is 18.8. The summed E-state index contributed by atoms with van der Waals surface area (Å²) >= 11 is 6.17. The van der Waals surface area contributed by atoms with E-state index < -0.39 is 5.97 Å². The van der Waals surface area contributed by atoms with Crippen molar-refractivity contribution in [2.45, 2.75) is 45.4 Å². The first-order valence-corrected chi connectivity index (χ1v) is 10.6. The highest BCUT2D eigenvalue weighted by atomic mass is 35.5. The van der Waals surface area contributed by atoms with E-state index in [0.29, 0.717) is 23.2 Å². The third kappa shape index (κ3) is 5.54. The van der Waals surface area contributed by atoms with Gasteiger partial charge in [0.2, 0.25) is 5.91 Å². The Morgan fingerprint density at radius 2 is 1.83 bits per heavy atom. The van der Waals surface area contributed by atoms with Gasteiger partial charge in [0, 0.05) is 22.2 Å². The first-order chi connectivity index (χ1) is 14.1. The summed E-state index contributed by atoms with van der Waals surface area (Å²) < 4.78 is 6.14. The van der Waals surface area contributed by atoms with Crippen LogP contribution in [0.1, 0.15) is 56.0 Å². The molecular weight excluding hydrogens is 402 g/mol. The molecule has 1 saturated carbocycles. The van der Waals surface area contributed by atoms with Crippen molar-refractivity contribution in [1.29, 1.82) is 0 Å². The predicted molar refractivity (Wildman–Crippen MR) is 119 cm³/mol. The van der Waals surface area contributed by atoms with Crippen LogP contribution in [0, 0.1) is 11.8 Å². The second-order valence-electron chi connectivity index (χ2n) is 8.95. The van der Waals surface area contributed by atoms with Gasteiger partial charge in [-0.15, -0.1) is 0 Å². The van der Waals surface area contributed by atoms with Crippen molar-refractivity contribution in [2.24, 2.45) is 11.8 Å². The lowest BCUT2D eigenvalue weighted by Crippen LogP contribution is -2.21. The highest BCUT2D eigenvalue weighted by molar-refractivity contribution is 6.30. The maximum atomic E-state index is 12.6. The number of nitrogens with one attached hydrogen (secondary N) is 1. The van der Waals surface area contributed by atoms with Gasteiger partial charge >= 0.3 is 5.97 Å². The standard InChI is InChI=1S/C24H28ClNO4/c1-24(2,3)20-13-18(25)8-11-21(20)30-14-15-4-5-17(12-15)22(27)26-19-9-6-16(7-10-19)23(28)29/h6-11,13,15,17H,4-5,12,14H2,1-3H3,(H,26,27)(H,28,29). The monoisotopic (exact) mass is 429 g/mol. The van der Waals surface area contributed by atoms with E-state index in [-0.39, 0.29) is 22.8 Å². The summed E-state index contributed by atoms with van der Waals surface area (Å²) in [7, 11) is 0. The van der Waals surface area contributed by atoms with E-state index in [1.54, 1.807) is 12.1 Å². The van der Waals surface area contributed by atoms with E-state index >= 15 is 0 Å². The van der Waals surface area contributed by atoms with Crippen molar-refractivity contribution in [3.8, 4) is 5.75 Å². The minimum Gasteiger partial charge on any atom is -0.493 e. The van der Waals surface area contributed by atoms with Crippen molar-refractivity contribution in [2.75, 3.05) is 11.9 Å². The molecule has 1 aliphatic rings. The molecule has 1 aliphatic carbocycles. The van der Waals surface area contributed by atoms with Crippen LogP contribution < -0.4 is 10.1 Å². The average Bonchev–Trinajstić information content (AvgIpc) is 3.16. The number of benzene rings is 2. The largest absolute Gasteiger partial charge is 0.493 e. The van der Waals surface area contributed by atoms with Crippen LogP contribution in [0.2, 0.25) is 5.02 Å². The Labute approximate surface area is 182 Å². The smallest absolute Gasteiger partial charge is 0.335 e. The van der Waals surface area contributed by atoms with Gasteiger partial charge in [-0.1, -0.05) is 32.4 Å². The molecule has 3 rings (SSSR count). The second-order valence-corrected chi connectivity index (χ2v) is 9.39. The van der Waals surface area contributed by atoms with Crippen LogP contribution in [-0.4, -0.2) is 23.6 Å².